The summed E-state index contributed by atoms with van der Waals surface area (Å²) >= 11 is 0. The van der Waals surface area contributed by atoms with Crippen molar-refractivity contribution in [2.24, 2.45) is 17.8 Å². The maximum absolute atomic E-state index is 13.2. The Labute approximate surface area is 241 Å². The Bertz CT molecular complexity index is 1050. The SMILES string of the molecule is C=CC[C@H]1C(=O)C[C@@H](O[Si](C)(C)C(C)(C)C)[C@@H]1/C=C/[C@H](COc1cccc(C(F)(F)F)c1)CC(C)(C)[Si](C)(C)O. The average molecular weight is 599 g/mol. The summed E-state index contributed by atoms with van der Waals surface area (Å²) < 4.78 is 52.4. The van der Waals surface area contributed by atoms with Crippen LogP contribution in [0.4, 0.5) is 13.2 Å². The van der Waals surface area contributed by atoms with Gasteiger partial charge in [0.2, 0.25) is 0 Å². The number of hydrogen-bond donors (Lipinski definition) is 1. The Kier molecular flexibility index (Phi) is 10.9. The van der Waals surface area contributed by atoms with Crippen molar-refractivity contribution in [1.29, 1.82) is 0 Å². The monoisotopic (exact) mass is 598 g/mol. The molecule has 0 heterocycles. The van der Waals surface area contributed by atoms with Gasteiger partial charge in [-0.3, -0.25) is 4.79 Å². The molecular weight excluding hydrogens is 550 g/mol. The second-order valence-electron chi connectivity index (χ2n) is 13.9. The molecule has 4 nitrogen and oxygen atoms in total. The summed E-state index contributed by atoms with van der Waals surface area (Å²) in [4.78, 5) is 24.0. The molecule has 0 saturated heterocycles. The minimum absolute atomic E-state index is 0.0104. The highest BCUT2D eigenvalue weighted by molar-refractivity contribution is 6.74. The molecule has 0 bridgehead atoms. The van der Waals surface area contributed by atoms with Crippen LogP contribution in [0.25, 0.3) is 0 Å². The van der Waals surface area contributed by atoms with E-state index in [1.54, 1.807) is 6.08 Å². The molecule has 1 aromatic carbocycles. The van der Waals surface area contributed by atoms with Gasteiger partial charge in [0.25, 0.3) is 0 Å². The highest BCUT2D eigenvalue weighted by Gasteiger charge is 2.47. The third-order valence-electron chi connectivity index (χ3n) is 9.04. The minimum atomic E-state index is -4.46. The first kappa shape index (κ1) is 34.5. The van der Waals surface area contributed by atoms with Gasteiger partial charge < -0.3 is 14.0 Å². The topological polar surface area (TPSA) is 55.8 Å². The van der Waals surface area contributed by atoms with Gasteiger partial charge in [0.05, 0.1) is 18.3 Å². The van der Waals surface area contributed by atoms with Gasteiger partial charge in [-0.1, -0.05) is 58.9 Å². The summed E-state index contributed by atoms with van der Waals surface area (Å²) in [5, 5.41) is -0.397. The average Bonchev–Trinajstić information content (AvgIpc) is 3.07. The van der Waals surface area contributed by atoms with Crippen LogP contribution in [-0.2, 0) is 15.4 Å². The molecule has 0 aliphatic heterocycles. The van der Waals surface area contributed by atoms with Crippen LogP contribution in [0, 0.1) is 17.8 Å². The van der Waals surface area contributed by atoms with Crippen LogP contribution in [-0.4, -0.2) is 39.9 Å². The molecule has 0 radical (unpaired) electrons. The predicted octanol–water partition coefficient (Wildman–Crippen LogP) is 8.80. The summed E-state index contributed by atoms with van der Waals surface area (Å²) in [7, 11) is -4.73. The normalized spacial score (nSPS) is 22.1. The molecule has 0 aromatic heterocycles. The molecule has 4 atom stereocenters. The van der Waals surface area contributed by atoms with Crippen molar-refractivity contribution in [3.05, 3.63) is 54.6 Å². The highest BCUT2D eigenvalue weighted by atomic mass is 28.4. The summed E-state index contributed by atoms with van der Waals surface area (Å²) in [6.45, 7) is 22.7. The van der Waals surface area contributed by atoms with Crippen molar-refractivity contribution >= 4 is 22.4 Å². The van der Waals surface area contributed by atoms with Crippen molar-refractivity contribution in [1.82, 2.24) is 0 Å². The number of ether oxygens (including phenoxy) is 1. The predicted molar refractivity (Wildman–Crippen MR) is 161 cm³/mol. The Morgan fingerprint density at radius 1 is 1.12 bits per heavy atom. The van der Waals surface area contributed by atoms with Crippen LogP contribution >= 0.6 is 0 Å². The summed E-state index contributed by atoms with van der Waals surface area (Å²) in [6.07, 6.45) is 2.65. The maximum Gasteiger partial charge on any atom is 0.416 e. The van der Waals surface area contributed by atoms with Crippen molar-refractivity contribution in [3.63, 3.8) is 0 Å². The second kappa shape index (κ2) is 12.7. The van der Waals surface area contributed by atoms with E-state index in [0.717, 1.165) is 12.1 Å². The Balaban J connectivity index is 2.39. The zero-order valence-electron chi connectivity index (χ0n) is 25.7. The molecule has 226 valence electrons. The number of allylic oxidation sites excluding steroid dienone is 1. The van der Waals surface area contributed by atoms with E-state index in [2.05, 4.69) is 46.5 Å². The van der Waals surface area contributed by atoms with Gasteiger partial charge in [0.15, 0.2) is 16.6 Å². The van der Waals surface area contributed by atoms with E-state index in [9.17, 15) is 22.8 Å². The fourth-order valence-corrected chi connectivity index (χ4v) is 6.81. The molecule has 0 spiro atoms. The van der Waals surface area contributed by atoms with E-state index >= 15 is 0 Å². The first-order chi connectivity index (χ1) is 18.1. The van der Waals surface area contributed by atoms with Crippen LogP contribution in [0.1, 0.15) is 59.4 Å². The number of halogens is 3. The number of alkyl halides is 3. The quantitative estimate of drug-likeness (QED) is 0.193. The zero-order valence-corrected chi connectivity index (χ0v) is 27.7. The van der Waals surface area contributed by atoms with E-state index in [4.69, 9.17) is 9.16 Å². The molecule has 0 unspecified atom stereocenters. The molecule has 1 N–H and O–H groups in total. The lowest BCUT2D eigenvalue weighted by molar-refractivity contribution is -0.137. The number of hydrogen-bond acceptors (Lipinski definition) is 4. The van der Waals surface area contributed by atoms with Gasteiger partial charge in [-0.05, 0) is 67.3 Å². The maximum atomic E-state index is 13.2. The summed E-state index contributed by atoms with van der Waals surface area (Å²) in [6, 6.07) is 4.89. The van der Waals surface area contributed by atoms with E-state index in [0.29, 0.717) is 19.3 Å². The lowest BCUT2D eigenvalue weighted by Crippen LogP contribution is -2.45. The van der Waals surface area contributed by atoms with Crippen molar-refractivity contribution in [2.75, 3.05) is 6.61 Å². The zero-order chi connectivity index (χ0) is 30.7. The molecular formula is C31H49F3O4Si2. The standard InChI is InChI=1S/C31H49F3O4Si2/c1-11-13-25-26(28(19-27(25)35)38-40(9,10)29(2,3)4)17-16-22(20-30(5,6)39(7,8)36)21-37-24-15-12-14-23(18-24)31(32,33)34/h11-12,14-18,22,25-26,28,36H,1,13,19-21H2,2-10H3/b17-16+/t22-,25+,26+,28+/m0/s1. The molecule has 2 rings (SSSR count). The van der Waals surface area contributed by atoms with Gasteiger partial charge >= 0.3 is 6.18 Å². The van der Waals surface area contributed by atoms with E-state index < -0.39 is 28.4 Å². The molecule has 0 amide bonds. The van der Waals surface area contributed by atoms with E-state index in [-0.39, 0.29) is 52.1 Å². The van der Waals surface area contributed by atoms with Gasteiger partial charge in [0, 0.05) is 24.2 Å². The third kappa shape index (κ3) is 8.90. The lowest BCUT2D eigenvalue weighted by atomic mass is 9.88. The molecule has 9 heteroatoms. The number of benzene rings is 1. The second-order valence-corrected chi connectivity index (χ2v) is 23.2. The van der Waals surface area contributed by atoms with E-state index in [1.165, 1.54) is 12.1 Å². The molecule has 1 aliphatic rings. The van der Waals surface area contributed by atoms with Gasteiger partial charge in [-0.25, -0.2) is 0 Å². The van der Waals surface area contributed by atoms with Crippen molar-refractivity contribution < 1.29 is 31.9 Å². The fraction of sp³-hybridized carbons (Fsp3) is 0.645. The van der Waals surface area contributed by atoms with Gasteiger partial charge in [0.1, 0.15) is 11.5 Å². The molecule has 1 fully saturated rings. The lowest BCUT2D eigenvalue weighted by Gasteiger charge is -2.40. The van der Waals surface area contributed by atoms with Crippen LogP contribution in [0.2, 0.25) is 36.3 Å². The molecule has 1 aromatic rings. The smallest absolute Gasteiger partial charge is 0.416 e. The Hall–Kier alpha value is -1.69. The van der Waals surface area contributed by atoms with Crippen molar-refractivity contribution in [2.45, 2.75) is 102 Å². The first-order valence-corrected chi connectivity index (χ1v) is 20.0. The fourth-order valence-electron chi connectivity index (χ4n) is 4.70. The molecule has 1 aliphatic carbocycles. The van der Waals surface area contributed by atoms with Crippen LogP contribution in [0.5, 0.6) is 5.75 Å². The molecule has 1 saturated carbocycles. The highest BCUT2D eigenvalue weighted by Crippen LogP contribution is 2.45. The van der Waals surface area contributed by atoms with Crippen LogP contribution in [0.15, 0.2) is 49.1 Å². The summed E-state index contributed by atoms with van der Waals surface area (Å²) in [5.74, 6) is -0.258. The van der Waals surface area contributed by atoms with E-state index in [1.807, 2.05) is 33.0 Å². The van der Waals surface area contributed by atoms with Gasteiger partial charge in [-0.15, -0.1) is 6.58 Å². The third-order valence-corrected chi connectivity index (χ3v) is 17.1. The largest absolute Gasteiger partial charge is 0.493 e. The summed E-state index contributed by atoms with van der Waals surface area (Å²) in [5.41, 5.74) is -0.760. The Morgan fingerprint density at radius 3 is 2.27 bits per heavy atom. The first-order valence-electron chi connectivity index (χ1n) is 14.1. The van der Waals surface area contributed by atoms with Crippen LogP contribution in [0.3, 0.4) is 0 Å². The number of carbonyl (C=O) groups is 1. The number of rotatable bonds is 12. The number of ketones is 1. The number of Topliss-reactive ketones (excluding diaryl/α,β-unsaturated/α-hetero) is 1. The van der Waals surface area contributed by atoms with Crippen LogP contribution < -0.4 is 4.74 Å². The minimum Gasteiger partial charge on any atom is -0.493 e. The Morgan fingerprint density at radius 2 is 1.75 bits per heavy atom. The number of carbonyl (C=O) groups excluding carboxylic acids is 1. The molecule has 40 heavy (non-hydrogen) atoms. The van der Waals surface area contributed by atoms with Gasteiger partial charge in [-0.2, -0.15) is 13.2 Å². The van der Waals surface area contributed by atoms with Crippen molar-refractivity contribution in [3.8, 4) is 5.75 Å².